The maximum absolute atomic E-state index is 12.8. The first-order chi connectivity index (χ1) is 12.0. The van der Waals surface area contributed by atoms with E-state index in [0.29, 0.717) is 11.3 Å². The normalized spacial score (nSPS) is 12.0. The predicted octanol–water partition coefficient (Wildman–Crippen LogP) is 4.96. The molecule has 3 heteroatoms. The van der Waals surface area contributed by atoms with Gasteiger partial charge in [-0.05, 0) is 60.4 Å². The number of methoxy groups -OCH3 is 1. The zero-order valence-electron chi connectivity index (χ0n) is 15.1. The first-order valence-corrected chi connectivity index (χ1v) is 8.44. The molecule has 0 saturated heterocycles. The first kappa shape index (κ1) is 17.0. The van der Waals surface area contributed by atoms with Gasteiger partial charge in [0.25, 0.3) is 5.91 Å². The smallest absolute Gasteiger partial charge is 0.255 e. The molecule has 1 unspecified atom stereocenters. The topological polar surface area (TPSA) is 38.3 Å². The molecule has 0 heterocycles. The second kappa shape index (κ2) is 6.98. The molecule has 128 valence electrons. The van der Waals surface area contributed by atoms with Crippen LogP contribution in [-0.4, -0.2) is 13.0 Å². The Morgan fingerprint density at radius 2 is 1.64 bits per heavy atom. The van der Waals surface area contributed by atoms with Crippen LogP contribution < -0.4 is 10.1 Å². The van der Waals surface area contributed by atoms with Crippen molar-refractivity contribution >= 4 is 16.7 Å². The molecule has 0 bridgehead atoms. The van der Waals surface area contributed by atoms with Crippen LogP contribution >= 0.6 is 0 Å². The summed E-state index contributed by atoms with van der Waals surface area (Å²) in [5, 5.41) is 5.15. The lowest BCUT2D eigenvalue weighted by Crippen LogP contribution is -2.27. The lowest BCUT2D eigenvalue weighted by atomic mass is 10.0. The van der Waals surface area contributed by atoms with E-state index in [-0.39, 0.29) is 11.9 Å². The minimum absolute atomic E-state index is 0.0806. The Morgan fingerprint density at radius 1 is 0.960 bits per heavy atom. The molecule has 0 aliphatic carbocycles. The summed E-state index contributed by atoms with van der Waals surface area (Å²) in [6, 6.07) is 17.9. The van der Waals surface area contributed by atoms with Crippen molar-refractivity contribution in [1.82, 2.24) is 5.32 Å². The number of hydrogen-bond acceptors (Lipinski definition) is 2. The van der Waals surface area contributed by atoms with E-state index >= 15 is 0 Å². The number of ether oxygens (including phenoxy) is 1. The van der Waals surface area contributed by atoms with Crippen molar-refractivity contribution in [2.45, 2.75) is 26.8 Å². The Labute approximate surface area is 148 Å². The summed E-state index contributed by atoms with van der Waals surface area (Å²) in [5.74, 6) is 0.455. The van der Waals surface area contributed by atoms with E-state index in [0.717, 1.165) is 16.3 Å². The zero-order valence-corrected chi connectivity index (χ0v) is 15.1. The van der Waals surface area contributed by atoms with Crippen LogP contribution in [0.5, 0.6) is 5.75 Å². The molecule has 3 aromatic rings. The molecular weight excluding hydrogens is 310 g/mol. The van der Waals surface area contributed by atoms with Crippen molar-refractivity contribution < 1.29 is 9.53 Å². The van der Waals surface area contributed by atoms with E-state index in [1.165, 1.54) is 11.1 Å². The van der Waals surface area contributed by atoms with Crippen molar-refractivity contribution in [1.29, 1.82) is 0 Å². The molecule has 0 spiro atoms. The summed E-state index contributed by atoms with van der Waals surface area (Å²) in [5.41, 5.74) is 4.12. The van der Waals surface area contributed by atoms with Gasteiger partial charge in [0.2, 0.25) is 0 Å². The Bertz CT molecular complexity index is 930. The minimum atomic E-state index is -0.131. The molecule has 3 rings (SSSR count). The highest BCUT2D eigenvalue weighted by molar-refractivity contribution is 6.01. The van der Waals surface area contributed by atoms with Crippen molar-refractivity contribution in [3.63, 3.8) is 0 Å². The summed E-state index contributed by atoms with van der Waals surface area (Å²) in [4.78, 5) is 12.8. The third kappa shape index (κ3) is 3.50. The van der Waals surface area contributed by atoms with Crippen LogP contribution in [0.25, 0.3) is 10.8 Å². The summed E-state index contributed by atoms with van der Waals surface area (Å²) in [7, 11) is 1.59. The van der Waals surface area contributed by atoms with Gasteiger partial charge in [-0.1, -0.05) is 42.5 Å². The number of carbonyl (C=O) groups is 1. The van der Waals surface area contributed by atoms with Gasteiger partial charge in [-0.2, -0.15) is 0 Å². The van der Waals surface area contributed by atoms with Gasteiger partial charge in [0, 0.05) is 0 Å². The van der Waals surface area contributed by atoms with Crippen LogP contribution in [0, 0.1) is 13.8 Å². The summed E-state index contributed by atoms with van der Waals surface area (Å²) in [6.45, 7) is 6.16. The maximum Gasteiger partial charge on any atom is 0.255 e. The molecule has 0 aliphatic rings. The highest BCUT2D eigenvalue weighted by atomic mass is 16.5. The number of carbonyl (C=O) groups excluding carboxylic acids is 1. The van der Waals surface area contributed by atoms with E-state index in [2.05, 4.69) is 37.4 Å². The molecule has 1 amide bonds. The van der Waals surface area contributed by atoms with Gasteiger partial charge in [-0.25, -0.2) is 0 Å². The third-order valence-electron chi connectivity index (χ3n) is 4.69. The summed E-state index contributed by atoms with van der Waals surface area (Å²) < 4.78 is 5.44. The number of amides is 1. The van der Waals surface area contributed by atoms with E-state index in [9.17, 15) is 4.79 Å². The van der Waals surface area contributed by atoms with E-state index < -0.39 is 0 Å². The highest BCUT2D eigenvalue weighted by Crippen LogP contribution is 2.27. The van der Waals surface area contributed by atoms with Crippen LogP contribution in [0.3, 0.4) is 0 Å². The largest absolute Gasteiger partial charge is 0.496 e. The van der Waals surface area contributed by atoms with E-state index in [1.807, 2.05) is 43.3 Å². The lowest BCUT2D eigenvalue weighted by molar-refractivity contribution is 0.0937. The predicted molar refractivity (Wildman–Crippen MR) is 102 cm³/mol. The van der Waals surface area contributed by atoms with Gasteiger partial charge in [-0.3, -0.25) is 4.79 Å². The molecule has 0 saturated carbocycles. The molecule has 1 N–H and O–H groups in total. The Hall–Kier alpha value is -2.81. The maximum atomic E-state index is 12.8. The molecule has 0 radical (unpaired) electrons. The SMILES string of the molecule is COc1cc2ccccc2cc1C(=O)NC(C)c1ccc(C)c(C)c1. The van der Waals surface area contributed by atoms with Gasteiger partial charge in [0.05, 0.1) is 18.7 Å². The van der Waals surface area contributed by atoms with Crippen LogP contribution in [0.15, 0.2) is 54.6 Å². The number of fused-ring (bicyclic) bond motifs is 1. The van der Waals surface area contributed by atoms with Gasteiger partial charge in [-0.15, -0.1) is 0 Å². The van der Waals surface area contributed by atoms with E-state index in [1.54, 1.807) is 7.11 Å². The summed E-state index contributed by atoms with van der Waals surface area (Å²) in [6.07, 6.45) is 0. The summed E-state index contributed by atoms with van der Waals surface area (Å²) >= 11 is 0. The van der Waals surface area contributed by atoms with Crippen molar-refractivity contribution in [2.75, 3.05) is 7.11 Å². The van der Waals surface area contributed by atoms with Gasteiger partial charge in [0.1, 0.15) is 5.75 Å². The van der Waals surface area contributed by atoms with Crippen molar-refractivity contribution in [3.05, 3.63) is 76.9 Å². The fourth-order valence-corrected chi connectivity index (χ4v) is 2.96. The second-order valence-electron chi connectivity index (χ2n) is 6.44. The number of hydrogen-bond donors (Lipinski definition) is 1. The highest BCUT2D eigenvalue weighted by Gasteiger charge is 2.17. The lowest BCUT2D eigenvalue weighted by Gasteiger charge is -2.17. The van der Waals surface area contributed by atoms with Crippen LogP contribution in [0.2, 0.25) is 0 Å². The number of rotatable bonds is 4. The number of aryl methyl sites for hydroxylation is 2. The monoisotopic (exact) mass is 333 g/mol. The number of benzene rings is 3. The van der Waals surface area contributed by atoms with Crippen LogP contribution in [0.4, 0.5) is 0 Å². The van der Waals surface area contributed by atoms with Crippen molar-refractivity contribution in [3.8, 4) is 5.75 Å². The third-order valence-corrected chi connectivity index (χ3v) is 4.69. The molecule has 3 aromatic carbocycles. The number of nitrogens with one attached hydrogen (secondary N) is 1. The second-order valence-corrected chi connectivity index (χ2v) is 6.44. The quantitative estimate of drug-likeness (QED) is 0.733. The molecular formula is C22H23NO2. The average Bonchev–Trinajstić information content (AvgIpc) is 2.62. The van der Waals surface area contributed by atoms with Crippen molar-refractivity contribution in [2.24, 2.45) is 0 Å². The first-order valence-electron chi connectivity index (χ1n) is 8.44. The molecule has 25 heavy (non-hydrogen) atoms. The zero-order chi connectivity index (χ0) is 18.0. The molecule has 0 aliphatic heterocycles. The standard InChI is InChI=1S/C22H23NO2/c1-14-9-10-17(11-15(14)2)16(3)23-22(24)20-12-18-7-5-6-8-19(18)13-21(20)25-4/h5-13,16H,1-4H3,(H,23,24). The molecule has 3 nitrogen and oxygen atoms in total. The van der Waals surface area contributed by atoms with E-state index in [4.69, 9.17) is 4.74 Å². The van der Waals surface area contributed by atoms with Crippen LogP contribution in [0.1, 0.15) is 40.0 Å². The average molecular weight is 333 g/mol. The van der Waals surface area contributed by atoms with Gasteiger partial charge >= 0.3 is 0 Å². The fraction of sp³-hybridized carbons (Fsp3) is 0.227. The Morgan fingerprint density at radius 3 is 2.28 bits per heavy atom. The minimum Gasteiger partial charge on any atom is -0.496 e. The van der Waals surface area contributed by atoms with Crippen LogP contribution in [-0.2, 0) is 0 Å². The molecule has 0 fully saturated rings. The fourth-order valence-electron chi connectivity index (χ4n) is 2.96. The molecule has 0 aromatic heterocycles. The van der Waals surface area contributed by atoms with Gasteiger partial charge in [0.15, 0.2) is 0 Å². The molecule has 1 atom stereocenters. The Balaban J connectivity index is 1.89. The Kier molecular flexibility index (Phi) is 4.75. The van der Waals surface area contributed by atoms with Gasteiger partial charge < -0.3 is 10.1 Å².